The van der Waals surface area contributed by atoms with Crippen LogP contribution in [0.5, 0.6) is 11.5 Å². The van der Waals surface area contributed by atoms with Gasteiger partial charge < -0.3 is 14.8 Å². The van der Waals surface area contributed by atoms with Crippen LogP contribution >= 0.6 is 15.9 Å². The second-order valence-electron chi connectivity index (χ2n) is 4.42. The topological polar surface area (TPSA) is 30.5 Å². The van der Waals surface area contributed by atoms with Crippen LogP contribution in [-0.4, -0.2) is 14.2 Å². The molecular weight excluding hydrogens is 318 g/mol. The van der Waals surface area contributed by atoms with Crippen LogP contribution < -0.4 is 14.8 Å². The summed E-state index contributed by atoms with van der Waals surface area (Å²) in [5, 5.41) is 3.14. The minimum absolute atomic E-state index is 0.521. The van der Waals surface area contributed by atoms with Gasteiger partial charge >= 0.3 is 0 Å². The molecule has 2 rings (SSSR count). The highest BCUT2D eigenvalue weighted by Crippen LogP contribution is 2.23. The van der Waals surface area contributed by atoms with Gasteiger partial charge in [0.25, 0.3) is 0 Å². The number of benzene rings is 2. The van der Waals surface area contributed by atoms with Crippen LogP contribution in [0.3, 0.4) is 0 Å². The summed E-state index contributed by atoms with van der Waals surface area (Å²) in [4.78, 5) is 0. The smallest absolute Gasteiger partial charge is 0.123 e. The average molecular weight is 336 g/mol. The first kappa shape index (κ1) is 14.9. The third kappa shape index (κ3) is 3.99. The molecule has 0 aromatic heterocycles. The zero-order valence-corrected chi connectivity index (χ0v) is 13.2. The lowest BCUT2D eigenvalue weighted by Gasteiger charge is -2.10. The molecule has 106 valence electrons. The molecule has 0 aliphatic heterocycles. The first-order valence-corrected chi connectivity index (χ1v) is 7.21. The van der Waals surface area contributed by atoms with Crippen molar-refractivity contribution in [1.82, 2.24) is 5.32 Å². The highest BCUT2D eigenvalue weighted by atomic mass is 79.9. The van der Waals surface area contributed by atoms with Crippen molar-refractivity contribution in [1.29, 1.82) is 0 Å². The quantitative estimate of drug-likeness (QED) is 0.871. The van der Waals surface area contributed by atoms with Crippen LogP contribution in [0.25, 0.3) is 0 Å². The number of methoxy groups -OCH3 is 1. The summed E-state index contributed by atoms with van der Waals surface area (Å²) in [5.41, 5.74) is 2.36. The number of rotatable bonds is 6. The van der Waals surface area contributed by atoms with E-state index in [0.29, 0.717) is 6.61 Å². The van der Waals surface area contributed by atoms with Gasteiger partial charge in [-0.05, 0) is 30.8 Å². The number of nitrogens with one attached hydrogen (secondary N) is 1. The van der Waals surface area contributed by atoms with Crippen molar-refractivity contribution in [2.24, 2.45) is 0 Å². The Kier molecular flexibility index (Phi) is 5.44. The number of halogens is 1. The lowest BCUT2D eigenvalue weighted by molar-refractivity contribution is 0.303. The molecule has 1 N–H and O–H groups in total. The summed E-state index contributed by atoms with van der Waals surface area (Å²) in [7, 11) is 3.59. The van der Waals surface area contributed by atoms with Crippen LogP contribution in [0.4, 0.5) is 0 Å². The number of ether oxygens (including phenoxy) is 2. The lowest BCUT2D eigenvalue weighted by Crippen LogP contribution is -2.05. The minimum Gasteiger partial charge on any atom is -0.497 e. The molecule has 0 heterocycles. The van der Waals surface area contributed by atoms with Crippen molar-refractivity contribution in [3.8, 4) is 11.5 Å². The van der Waals surface area contributed by atoms with Gasteiger partial charge in [-0.1, -0.05) is 34.1 Å². The Bertz CT molecular complexity index is 572. The van der Waals surface area contributed by atoms with E-state index in [-0.39, 0.29) is 0 Å². The fourth-order valence-corrected chi connectivity index (χ4v) is 2.41. The van der Waals surface area contributed by atoms with Crippen molar-refractivity contribution >= 4 is 15.9 Å². The van der Waals surface area contributed by atoms with Crippen molar-refractivity contribution < 1.29 is 9.47 Å². The van der Waals surface area contributed by atoms with E-state index in [1.54, 1.807) is 7.11 Å². The summed E-state index contributed by atoms with van der Waals surface area (Å²) in [5.74, 6) is 1.60. The van der Waals surface area contributed by atoms with E-state index in [0.717, 1.165) is 28.1 Å². The largest absolute Gasteiger partial charge is 0.497 e. The van der Waals surface area contributed by atoms with E-state index >= 15 is 0 Å². The van der Waals surface area contributed by atoms with E-state index < -0.39 is 0 Å². The van der Waals surface area contributed by atoms with Crippen molar-refractivity contribution in [3.63, 3.8) is 0 Å². The molecule has 0 saturated carbocycles. The molecule has 2 aromatic carbocycles. The lowest BCUT2D eigenvalue weighted by atomic mass is 10.1. The van der Waals surface area contributed by atoms with Gasteiger partial charge in [0.05, 0.1) is 7.11 Å². The van der Waals surface area contributed by atoms with Gasteiger partial charge in [-0.2, -0.15) is 0 Å². The second-order valence-corrected chi connectivity index (χ2v) is 5.28. The van der Waals surface area contributed by atoms with Gasteiger partial charge in [0.15, 0.2) is 0 Å². The normalized spacial score (nSPS) is 10.3. The standard InChI is InChI=1S/C16H18BrNO2/c1-18-10-12-6-7-13(16(17)8-12)11-20-15-5-3-4-14(9-15)19-2/h3-9,18H,10-11H2,1-2H3. The first-order chi connectivity index (χ1) is 9.72. The Balaban J connectivity index is 2.03. The van der Waals surface area contributed by atoms with Gasteiger partial charge in [0, 0.05) is 22.6 Å². The molecule has 0 atom stereocenters. The van der Waals surface area contributed by atoms with Crippen molar-refractivity contribution in [2.45, 2.75) is 13.2 Å². The maximum atomic E-state index is 5.79. The zero-order valence-electron chi connectivity index (χ0n) is 11.7. The Hall–Kier alpha value is -1.52. The molecule has 0 saturated heterocycles. The summed E-state index contributed by atoms with van der Waals surface area (Å²) >= 11 is 3.59. The van der Waals surface area contributed by atoms with E-state index in [1.165, 1.54) is 5.56 Å². The summed E-state index contributed by atoms with van der Waals surface area (Å²) in [6.45, 7) is 1.38. The fourth-order valence-electron chi connectivity index (χ4n) is 1.87. The second kappa shape index (κ2) is 7.31. The number of hydrogen-bond acceptors (Lipinski definition) is 3. The van der Waals surface area contributed by atoms with Gasteiger partial charge in [-0.25, -0.2) is 0 Å². The maximum absolute atomic E-state index is 5.79. The Labute approximate surface area is 128 Å². The fraction of sp³-hybridized carbons (Fsp3) is 0.250. The van der Waals surface area contributed by atoms with Crippen molar-refractivity contribution in [3.05, 3.63) is 58.1 Å². The van der Waals surface area contributed by atoms with E-state index in [2.05, 4.69) is 39.4 Å². The monoisotopic (exact) mass is 335 g/mol. The number of hydrogen-bond donors (Lipinski definition) is 1. The molecule has 0 aliphatic rings. The van der Waals surface area contributed by atoms with Crippen LogP contribution in [-0.2, 0) is 13.2 Å². The summed E-state index contributed by atoms with van der Waals surface area (Å²) in [6.07, 6.45) is 0. The van der Waals surface area contributed by atoms with Gasteiger partial charge in [-0.3, -0.25) is 0 Å². The molecule has 0 radical (unpaired) electrons. The van der Waals surface area contributed by atoms with E-state index in [1.807, 2.05) is 31.3 Å². The molecular formula is C16H18BrNO2. The molecule has 0 aliphatic carbocycles. The highest BCUT2D eigenvalue weighted by molar-refractivity contribution is 9.10. The molecule has 0 fully saturated rings. The van der Waals surface area contributed by atoms with Crippen LogP contribution in [0.1, 0.15) is 11.1 Å². The van der Waals surface area contributed by atoms with E-state index in [4.69, 9.17) is 9.47 Å². The maximum Gasteiger partial charge on any atom is 0.123 e. The van der Waals surface area contributed by atoms with E-state index in [9.17, 15) is 0 Å². The van der Waals surface area contributed by atoms with Crippen LogP contribution in [0.15, 0.2) is 46.9 Å². The van der Waals surface area contributed by atoms with Crippen molar-refractivity contribution in [2.75, 3.05) is 14.2 Å². The third-order valence-corrected chi connectivity index (χ3v) is 3.67. The van der Waals surface area contributed by atoms with Gasteiger partial charge in [0.1, 0.15) is 18.1 Å². The molecule has 4 heteroatoms. The molecule has 0 unspecified atom stereocenters. The summed E-state index contributed by atoms with van der Waals surface area (Å²) in [6, 6.07) is 13.9. The predicted octanol–water partition coefficient (Wildman–Crippen LogP) is 3.76. The Morgan fingerprint density at radius 1 is 1.10 bits per heavy atom. The molecule has 3 nitrogen and oxygen atoms in total. The molecule has 0 amide bonds. The zero-order chi connectivity index (χ0) is 14.4. The molecule has 20 heavy (non-hydrogen) atoms. The predicted molar refractivity (Wildman–Crippen MR) is 84.2 cm³/mol. The summed E-state index contributed by atoms with van der Waals surface area (Å²) < 4.78 is 12.0. The molecule has 2 aromatic rings. The van der Waals surface area contributed by atoms with Crippen LogP contribution in [0.2, 0.25) is 0 Å². The molecule has 0 bridgehead atoms. The SMILES string of the molecule is CNCc1ccc(COc2cccc(OC)c2)c(Br)c1. The van der Waals surface area contributed by atoms with Crippen LogP contribution in [0, 0.1) is 0 Å². The molecule has 0 spiro atoms. The Morgan fingerprint density at radius 3 is 2.60 bits per heavy atom. The Morgan fingerprint density at radius 2 is 1.90 bits per heavy atom. The first-order valence-electron chi connectivity index (χ1n) is 6.41. The van der Waals surface area contributed by atoms with Gasteiger partial charge in [-0.15, -0.1) is 0 Å². The minimum atomic E-state index is 0.521. The average Bonchev–Trinajstić information content (AvgIpc) is 2.47. The third-order valence-electron chi connectivity index (χ3n) is 2.93. The highest BCUT2D eigenvalue weighted by Gasteiger charge is 2.03. The van der Waals surface area contributed by atoms with Gasteiger partial charge in [0.2, 0.25) is 0 Å².